The van der Waals surface area contributed by atoms with E-state index in [1.54, 1.807) is 18.3 Å². The van der Waals surface area contributed by atoms with Crippen molar-refractivity contribution in [2.75, 3.05) is 5.32 Å². The Morgan fingerprint density at radius 3 is 2.80 bits per heavy atom. The highest BCUT2D eigenvalue weighted by Crippen LogP contribution is 2.24. The Kier molecular flexibility index (Phi) is 4.31. The predicted octanol–water partition coefficient (Wildman–Crippen LogP) is 3.66. The minimum atomic E-state index is -0.590. The number of pyridine rings is 1. The van der Waals surface area contributed by atoms with Crippen LogP contribution >= 0.6 is 27.5 Å². The molecule has 2 aromatic rings. The predicted molar refractivity (Wildman–Crippen MR) is 78.0 cm³/mol. The highest BCUT2D eigenvalue weighted by Gasteiger charge is 2.16. The number of hydrogen-bond donors (Lipinski definition) is 1. The number of aromatic nitrogens is 1. The molecule has 1 amide bonds. The summed E-state index contributed by atoms with van der Waals surface area (Å²) >= 11 is 9.08. The quantitative estimate of drug-likeness (QED) is 0.516. The second-order valence-electron chi connectivity index (χ2n) is 3.72. The molecule has 1 aromatic carbocycles. The van der Waals surface area contributed by atoms with Gasteiger partial charge in [0.05, 0.1) is 21.2 Å². The summed E-state index contributed by atoms with van der Waals surface area (Å²) in [5.41, 5.74) is 0.265. The lowest BCUT2D eigenvalue weighted by molar-refractivity contribution is -0.384. The van der Waals surface area contributed by atoms with Crippen molar-refractivity contribution < 1.29 is 9.72 Å². The van der Waals surface area contributed by atoms with Crippen LogP contribution < -0.4 is 5.32 Å². The maximum Gasteiger partial charge on any atom is 0.270 e. The van der Waals surface area contributed by atoms with Crippen molar-refractivity contribution in [2.45, 2.75) is 0 Å². The van der Waals surface area contributed by atoms with Gasteiger partial charge in [0.15, 0.2) is 0 Å². The van der Waals surface area contributed by atoms with Crippen LogP contribution in [0.1, 0.15) is 10.4 Å². The van der Waals surface area contributed by atoms with E-state index in [1.807, 2.05) is 0 Å². The Labute approximate surface area is 127 Å². The second kappa shape index (κ2) is 5.98. The monoisotopic (exact) mass is 355 g/mol. The molecule has 0 radical (unpaired) electrons. The van der Waals surface area contributed by atoms with E-state index >= 15 is 0 Å². The number of carbonyl (C=O) groups is 1. The van der Waals surface area contributed by atoms with Crippen molar-refractivity contribution in [3.05, 3.63) is 61.8 Å². The topological polar surface area (TPSA) is 85.1 Å². The molecule has 0 bridgehead atoms. The zero-order valence-electron chi connectivity index (χ0n) is 9.84. The van der Waals surface area contributed by atoms with Crippen molar-refractivity contribution in [1.29, 1.82) is 0 Å². The first-order valence-corrected chi connectivity index (χ1v) is 6.52. The molecule has 0 saturated heterocycles. The van der Waals surface area contributed by atoms with E-state index in [2.05, 4.69) is 26.2 Å². The molecular formula is C12H7BrClN3O3. The average Bonchev–Trinajstić information content (AvgIpc) is 2.41. The van der Waals surface area contributed by atoms with E-state index in [4.69, 9.17) is 11.6 Å². The largest absolute Gasteiger partial charge is 0.320 e. The smallest absolute Gasteiger partial charge is 0.270 e. The second-order valence-corrected chi connectivity index (χ2v) is 4.88. The molecule has 0 aliphatic carbocycles. The van der Waals surface area contributed by atoms with Crippen LogP contribution in [-0.4, -0.2) is 15.8 Å². The van der Waals surface area contributed by atoms with Gasteiger partial charge in [-0.15, -0.1) is 0 Å². The summed E-state index contributed by atoms with van der Waals surface area (Å²) in [6.07, 6.45) is 1.56. The van der Waals surface area contributed by atoms with Crippen molar-refractivity contribution in [3.63, 3.8) is 0 Å². The molecule has 20 heavy (non-hydrogen) atoms. The number of benzene rings is 1. The lowest BCUT2D eigenvalue weighted by Crippen LogP contribution is -2.13. The van der Waals surface area contributed by atoms with Gasteiger partial charge in [-0.1, -0.05) is 11.6 Å². The van der Waals surface area contributed by atoms with Crippen LogP contribution in [0.25, 0.3) is 0 Å². The average molecular weight is 357 g/mol. The molecule has 0 fully saturated rings. The number of nitro groups is 1. The fourth-order valence-electron chi connectivity index (χ4n) is 1.47. The van der Waals surface area contributed by atoms with E-state index in [9.17, 15) is 14.9 Å². The summed E-state index contributed by atoms with van der Waals surface area (Å²) in [6, 6.07) is 6.96. The van der Waals surface area contributed by atoms with Crippen LogP contribution in [0.15, 0.2) is 41.1 Å². The Balaban J connectivity index is 2.32. The molecule has 102 valence electrons. The number of halogens is 2. The maximum absolute atomic E-state index is 12.1. The highest BCUT2D eigenvalue weighted by atomic mass is 79.9. The van der Waals surface area contributed by atoms with Crippen molar-refractivity contribution in [3.8, 4) is 0 Å². The van der Waals surface area contributed by atoms with Crippen LogP contribution in [0.2, 0.25) is 5.02 Å². The summed E-state index contributed by atoms with van der Waals surface area (Å²) in [5.74, 6) is -0.549. The Morgan fingerprint density at radius 1 is 1.40 bits per heavy atom. The fourth-order valence-corrected chi connectivity index (χ4v) is 2.02. The van der Waals surface area contributed by atoms with Gasteiger partial charge in [-0.25, -0.2) is 4.98 Å². The first kappa shape index (κ1) is 14.4. The number of nitrogens with one attached hydrogen (secondary N) is 1. The molecule has 0 saturated carbocycles. The molecule has 8 heteroatoms. The summed E-state index contributed by atoms with van der Waals surface area (Å²) in [7, 11) is 0. The molecular weight excluding hydrogens is 350 g/mol. The molecule has 0 spiro atoms. The number of hydrogen-bond acceptors (Lipinski definition) is 4. The summed E-state index contributed by atoms with van der Waals surface area (Å²) < 4.78 is 0.454. The Bertz CT molecular complexity index is 693. The maximum atomic E-state index is 12.1. The molecule has 0 aliphatic heterocycles. The van der Waals surface area contributed by atoms with Gasteiger partial charge in [-0.3, -0.25) is 14.9 Å². The SMILES string of the molecule is O=C(Nc1cccnc1Br)c1cc([N+](=O)[O-])ccc1Cl. The highest BCUT2D eigenvalue weighted by molar-refractivity contribution is 9.10. The van der Waals surface area contributed by atoms with Gasteiger partial charge >= 0.3 is 0 Å². The summed E-state index contributed by atoms with van der Waals surface area (Å²) in [5, 5.41) is 13.4. The number of non-ortho nitro benzene ring substituents is 1. The standard InChI is InChI=1S/C12H7BrClN3O3/c13-11-10(2-1-5-15-11)16-12(18)8-6-7(17(19)20)3-4-9(8)14/h1-6H,(H,16,18). The van der Waals surface area contributed by atoms with Crippen LogP contribution in [0.5, 0.6) is 0 Å². The number of rotatable bonds is 3. The summed E-state index contributed by atoms with van der Waals surface area (Å²) in [4.78, 5) is 26.2. The van der Waals surface area contributed by atoms with Crippen molar-refractivity contribution in [2.24, 2.45) is 0 Å². The Hall–Kier alpha value is -1.99. The van der Waals surface area contributed by atoms with Gasteiger partial charge < -0.3 is 5.32 Å². The first-order valence-electron chi connectivity index (χ1n) is 5.35. The van der Waals surface area contributed by atoms with Gasteiger partial charge in [-0.05, 0) is 34.1 Å². The van der Waals surface area contributed by atoms with E-state index in [0.29, 0.717) is 10.3 Å². The van der Waals surface area contributed by atoms with Gasteiger partial charge in [0.2, 0.25) is 0 Å². The first-order chi connectivity index (χ1) is 9.49. The molecule has 1 aromatic heterocycles. The molecule has 6 nitrogen and oxygen atoms in total. The number of nitro benzene ring substituents is 1. The third kappa shape index (κ3) is 3.12. The third-order valence-electron chi connectivity index (χ3n) is 2.41. The van der Waals surface area contributed by atoms with Gasteiger partial charge in [0.1, 0.15) is 4.60 Å². The zero-order chi connectivity index (χ0) is 14.7. The van der Waals surface area contributed by atoms with Crippen molar-refractivity contribution in [1.82, 2.24) is 4.98 Å². The molecule has 0 atom stereocenters. The zero-order valence-corrected chi connectivity index (χ0v) is 12.2. The minimum Gasteiger partial charge on any atom is -0.320 e. The molecule has 2 rings (SSSR count). The number of anilines is 1. The Morgan fingerprint density at radius 2 is 2.15 bits per heavy atom. The number of nitrogens with zero attached hydrogens (tertiary/aromatic N) is 2. The minimum absolute atomic E-state index is 0.0246. The van der Waals surface area contributed by atoms with Crippen LogP contribution in [0.4, 0.5) is 11.4 Å². The van der Waals surface area contributed by atoms with Gasteiger partial charge in [0, 0.05) is 18.3 Å². The van der Waals surface area contributed by atoms with E-state index < -0.39 is 10.8 Å². The molecule has 0 aliphatic rings. The lowest BCUT2D eigenvalue weighted by atomic mass is 10.2. The van der Waals surface area contributed by atoms with E-state index in [-0.39, 0.29) is 16.3 Å². The van der Waals surface area contributed by atoms with Gasteiger partial charge in [-0.2, -0.15) is 0 Å². The van der Waals surface area contributed by atoms with Crippen LogP contribution in [0, 0.1) is 10.1 Å². The normalized spacial score (nSPS) is 10.1. The van der Waals surface area contributed by atoms with Crippen LogP contribution in [-0.2, 0) is 0 Å². The number of carbonyl (C=O) groups excluding carboxylic acids is 1. The third-order valence-corrected chi connectivity index (χ3v) is 3.37. The van der Waals surface area contributed by atoms with E-state index in [1.165, 1.54) is 12.1 Å². The van der Waals surface area contributed by atoms with Crippen LogP contribution in [0.3, 0.4) is 0 Å². The van der Waals surface area contributed by atoms with E-state index in [0.717, 1.165) is 6.07 Å². The van der Waals surface area contributed by atoms with Gasteiger partial charge in [0.25, 0.3) is 11.6 Å². The number of amides is 1. The van der Waals surface area contributed by atoms with Crippen molar-refractivity contribution >= 4 is 44.8 Å². The molecule has 1 N–H and O–H groups in total. The summed E-state index contributed by atoms with van der Waals surface area (Å²) in [6.45, 7) is 0. The fraction of sp³-hybridized carbons (Fsp3) is 0. The lowest BCUT2D eigenvalue weighted by Gasteiger charge is -2.07. The molecule has 0 unspecified atom stereocenters. The molecule has 1 heterocycles.